The predicted octanol–water partition coefficient (Wildman–Crippen LogP) is 5.96. The third-order valence-electron chi connectivity index (χ3n) is 3.21. The third-order valence-corrected chi connectivity index (χ3v) is 4.56. The van der Waals surface area contributed by atoms with Crippen molar-refractivity contribution in [3.05, 3.63) is 88.3 Å². The number of hydrogen-bond acceptors (Lipinski definition) is 2. The maximum absolute atomic E-state index is 12.0. The van der Waals surface area contributed by atoms with E-state index in [9.17, 15) is 4.79 Å². The van der Waals surface area contributed by atoms with E-state index in [1.54, 1.807) is 17.4 Å². The maximum atomic E-state index is 12.0. The summed E-state index contributed by atoms with van der Waals surface area (Å²) in [6.07, 6.45) is 3.48. The molecule has 3 heteroatoms. The Morgan fingerprint density at radius 1 is 0.909 bits per heavy atom. The molecule has 0 aliphatic carbocycles. The van der Waals surface area contributed by atoms with E-state index in [2.05, 4.69) is 6.07 Å². The molecule has 0 aliphatic rings. The fourth-order valence-corrected chi connectivity index (χ4v) is 3.11. The molecule has 0 bridgehead atoms. The largest absolute Gasteiger partial charge is 0.289 e. The van der Waals surface area contributed by atoms with E-state index in [0.717, 1.165) is 20.3 Å². The lowest BCUT2D eigenvalue weighted by Gasteiger charge is -1.96. The summed E-state index contributed by atoms with van der Waals surface area (Å²) in [5, 5.41) is 0.730. The molecule has 0 atom stereocenters. The van der Waals surface area contributed by atoms with Crippen molar-refractivity contribution in [2.75, 3.05) is 0 Å². The molecule has 1 nitrogen and oxygen atoms in total. The Hall–Kier alpha value is -2.16. The second-order valence-electron chi connectivity index (χ2n) is 4.77. The van der Waals surface area contributed by atoms with Gasteiger partial charge in [-0.25, -0.2) is 0 Å². The fourth-order valence-electron chi connectivity index (χ4n) is 2.07. The molecule has 0 spiro atoms. The molecule has 0 fully saturated rings. The summed E-state index contributed by atoms with van der Waals surface area (Å²) in [6, 6.07) is 21.1. The summed E-state index contributed by atoms with van der Waals surface area (Å²) < 4.78 is 0. The number of thiophene rings is 1. The summed E-state index contributed by atoms with van der Waals surface area (Å²) in [5.74, 6) is 0.0158. The van der Waals surface area contributed by atoms with Gasteiger partial charge in [-0.1, -0.05) is 54.1 Å². The van der Waals surface area contributed by atoms with Gasteiger partial charge in [-0.05, 0) is 42.0 Å². The van der Waals surface area contributed by atoms with Gasteiger partial charge in [0, 0.05) is 20.3 Å². The summed E-state index contributed by atoms with van der Waals surface area (Å²) in [4.78, 5) is 14.2. The number of carbonyl (C=O) groups is 1. The van der Waals surface area contributed by atoms with Crippen LogP contribution in [-0.2, 0) is 0 Å². The van der Waals surface area contributed by atoms with Crippen molar-refractivity contribution in [3.8, 4) is 10.4 Å². The Morgan fingerprint density at radius 2 is 1.64 bits per heavy atom. The molecule has 0 unspecified atom stereocenters. The Labute approximate surface area is 138 Å². The van der Waals surface area contributed by atoms with Crippen LogP contribution in [0.2, 0.25) is 5.02 Å². The third kappa shape index (κ3) is 3.53. The van der Waals surface area contributed by atoms with Crippen molar-refractivity contribution < 1.29 is 4.79 Å². The minimum atomic E-state index is 0.0158. The van der Waals surface area contributed by atoms with Crippen LogP contribution in [0.3, 0.4) is 0 Å². The van der Waals surface area contributed by atoms with Gasteiger partial charge in [0.25, 0.3) is 0 Å². The molecule has 108 valence electrons. The number of ketones is 1. The predicted molar refractivity (Wildman–Crippen MR) is 94.6 cm³/mol. The quantitative estimate of drug-likeness (QED) is 0.427. The highest BCUT2D eigenvalue weighted by molar-refractivity contribution is 7.16. The lowest BCUT2D eigenvalue weighted by molar-refractivity contribution is 0.104. The van der Waals surface area contributed by atoms with Crippen molar-refractivity contribution >= 4 is 34.8 Å². The minimum absolute atomic E-state index is 0.0158. The molecule has 22 heavy (non-hydrogen) atoms. The molecule has 2 aromatic carbocycles. The molecule has 3 rings (SSSR count). The molecular formula is C19H13ClOS. The van der Waals surface area contributed by atoms with E-state index >= 15 is 0 Å². The highest BCUT2D eigenvalue weighted by Crippen LogP contribution is 2.29. The van der Waals surface area contributed by atoms with Crippen LogP contribution in [0.25, 0.3) is 16.5 Å². The molecule has 0 saturated heterocycles. The molecule has 3 aromatic rings. The van der Waals surface area contributed by atoms with Crippen molar-refractivity contribution in [2.24, 2.45) is 0 Å². The Bertz CT molecular complexity index is 801. The zero-order chi connectivity index (χ0) is 15.4. The summed E-state index contributed by atoms with van der Waals surface area (Å²) in [7, 11) is 0. The van der Waals surface area contributed by atoms with Gasteiger partial charge in [-0.2, -0.15) is 0 Å². The average Bonchev–Trinajstić information content (AvgIpc) is 3.03. The number of benzene rings is 2. The standard InChI is InChI=1S/C19H13ClOS/c20-16-8-6-15(7-9-16)19-13-11-17(22-19)10-12-18(21)14-4-2-1-3-5-14/h1-13H. The lowest BCUT2D eigenvalue weighted by Crippen LogP contribution is -1.92. The van der Waals surface area contributed by atoms with E-state index < -0.39 is 0 Å². The van der Waals surface area contributed by atoms with Gasteiger partial charge in [0.15, 0.2) is 5.78 Å². The fraction of sp³-hybridized carbons (Fsp3) is 0. The summed E-state index contributed by atoms with van der Waals surface area (Å²) in [5.41, 5.74) is 1.83. The highest BCUT2D eigenvalue weighted by atomic mass is 35.5. The molecule has 0 saturated carbocycles. The van der Waals surface area contributed by atoms with Crippen molar-refractivity contribution in [3.63, 3.8) is 0 Å². The van der Waals surface area contributed by atoms with Crippen LogP contribution in [0.5, 0.6) is 0 Å². The smallest absolute Gasteiger partial charge is 0.185 e. The van der Waals surface area contributed by atoms with Crippen LogP contribution >= 0.6 is 22.9 Å². The minimum Gasteiger partial charge on any atom is -0.289 e. The Morgan fingerprint density at radius 3 is 2.36 bits per heavy atom. The van der Waals surface area contributed by atoms with Crippen LogP contribution < -0.4 is 0 Å². The Kier molecular flexibility index (Phi) is 4.52. The number of halogens is 1. The molecule has 1 aromatic heterocycles. The molecule has 0 radical (unpaired) electrons. The maximum Gasteiger partial charge on any atom is 0.185 e. The van der Waals surface area contributed by atoms with Gasteiger partial charge < -0.3 is 0 Å². The van der Waals surface area contributed by atoms with Gasteiger partial charge in [0.05, 0.1) is 0 Å². The number of allylic oxidation sites excluding steroid dienone is 1. The number of rotatable bonds is 4. The van der Waals surface area contributed by atoms with Gasteiger partial charge in [-0.3, -0.25) is 4.79 Å². The number of hydrogen-bond donors (Lipinski definition) is 0. The van der Waals surface area contributed by atoms with Gasteiger partial charge in [0.1, 0.15) is 0 Å². The van der Waals surface area contributed by atoms with E-state index in [0.29, 0.717) is 5.56 Å². The van der Waals surface area contributed by atoms with E-state index in [1.807, 2.05) is 66.7 Å². The summed E-state index contributed by atoms with van der Waals surface area (Å²) in [6.45, 7) is 0. The molecule has 0 amide bonds. The lowest BCUT2D eigenvalue weighted by atomic mass is 10.1. The van der Waals surface area contributed by atoms with Crippen molar-refractivity contribution in [2.45, 2.75) is 0 Å². The van der Waals surface area contributed by atoms with Crippen LogP contribution in [0, 0.1) is 0 Å². The zero-order valence-electron chi connectivity index (χ0n) is 11.7. The first-order valence-corrected chi connectivity index (χ1v) is 8.05. The Balaban J connectivity index is 1.75. The van der Waals surface area contributed by atoms with E-state index in [-0.39, 0.29) is 5.78 Å². The zero-order valence-corrected chi connectivity index (χ0v) is 13.3. The average molecular weight is 325 g/mol. The van der Waals surface area contributed by atoms with Gasteiger partial charge in [-0.15, -0.1) is 11.3 Å². The highest BCUT2D eigenvalue weighted by Gasteiger charge is 2.03. The van der Waals surface area contributed by atoms with Crippen molar-refractivity contribution in [1.82, 2.24) is 0 Å². The molecule has 1 heterocycles. The normalized spacial score (nSPS) is 11.0. The summed E-state index contributed by atoms with van der Waals surface area (Å²) >= 11 is 7.55. The van der Waals surface area contributed by atoms with Crippen LogP contribution in [0.1, 0.15) is 15.2 Å². The van der Waals surface area contributed by atoms with Crippen LogP contribution in [-0.4, -0.2) is 5.78 Å². The van der Waals surface area contributed by atoms with Crippen LogP contribution in [0.4, 0.5) is 0 Å². The first kappa shape index (κ1) is 14.8. The van der Waals surface area contributed by atoms with Crippen LogP contribution in [0.15, 0.2) is 72.8 Å². The molecule has 0 aliphatic heterocycles. The van der Waals surface area contributed by atoms with E-state index in [4.69, 9.17) is 11.6 Å². The second-order valence-corrected chi connectivity index (χ2v) is 6.32. The molecule has 0 N–H and O–H groups in total. The topological polar surface area (TPSA) is 17.1 Å². The second kappa shape index (κ2) is 6.73. The first-order chi connectivity index (χ1) is 10.7. The van der Waals surface area contributed by atoms with Gasteiger partial charge >= 0.3 is 0 Å². The number of carbonyl (C=O) groups excluding carboxylic acids is 1. The first-order valence-electron chi connectivity index (χ1n) is 6.85. The SMILES string of the molecule is O=C(C=Cc1ccc(-c2ccc(Cl)cc2)s1)c1ccccc1. The van der Waals surface area contributed by atoms with Gasteiger partial charge in [0.2, 0.25) is 0 Å². The molecular weight excluding hydrogens is 312 g/mol. The van der Waals surface area contributed by atoms with Crippen molar-refractivity contribution in [1.29, 1.82) is 0 Å². The van der Waals surface area contributed by atoms with E-state index in [1.165, 1.54) is 0 Å². The monoisotopic (exact) mass is 324 g/mol.